The molecule has 11 heteroatoms. The summed E-state index contributed by atoms with van der Waals surface area (Å²) in [6, 6.07) is 17.2. The molecule has 188 valence electrons. The lowest BCUT2D eigenvalue weighted by Crippen LogP contribution is -2.21. The molecule has 8 nitrogen and oxygen atoms in total. The van der Waals surface area contributed by atoms with Gasteiger partial charge in [-0.2, -0.15) is 13.2 Å². The van der Waals surface area contributed by atoms with E-state index in [-0.39, 0.29) is 5.56 Å². The second-order valence-electron chi connectivity index (χ2n) is 7.91. The maximum Gasteiger partial charge on any atom is 0.490 e. The molecule has 0 fully saturated rings. The third kappa shape index (κ3) is 7.64. The monoisotopic (exact) mass is 500 g/mol. The number of carboxylic acid groups (broad SMARTS) is 1. The van der Waals surface area contributed by atoms with Crippen molar-refractivity contribution in [1.29, 1.82) is 0 Å². The van der Waals surface area contributed by atoms with Gasteiger partial charge in [0.15, 0.2) is 0 Å². The topological polar surface area (TPSA) is 112 Å². The number of nitrogens with zero attached hydrogens (tertiary/aromatic N) is 3. The Bertz CT molecular complexity index is 1350. The highest BCUT2D eigenvalue weighted by atomic mass is 19.4. The molecule has 0 amide bonds. The first-order chi connectivity index (χ1) is 17.0. The number of aliphatic carboxylic acids is 1. The fourth-order valence-corrected chi connectivity index (χ4v) is 3.23. The summed E-state index contributed by atoms with van der Waals surface area (Å²) in [6.07, 6.45) is -1.69. The largest absolute Gasteiger partial charge is 0.490 e. The average molecular weight is 500 g/mol. The zero-order valence-corrected chi connectivity index (χ0v) is 19.4. The Morgan fingerprint density at radius 1 is 1.08 bits per heavy atom. The van der Waals surface area contributed by atoms with E-state index in [2.05, 4.69) is 39.0 Å². The van der Waals surface area contributed by atoms with Crippen LogP contribution in [0.5, 0.6) is 0 Å². The van der Waals surface area contributed by atoms with Crippen molar-refractivity contribution in [3.05, 3.63) is 94.4 Å². The van der Waals surface area contributed by atoms with E-state index >= 15 is 0 Å². The van der Waals surface area contributed by atoms with Crippen molar-refractivity contribution in [2.45, 2.75) is 26.2 Å². The second kappa shape index (κ2) is 11.5. The highest BCUT2D eigenvalue weighted by Crippen LogP contribution is 2.20. The quantitative estimate of drug-likeness (QED) is 0.396. The van der Waals surface area contributed by atoms with Gasteiger partial charge < -0.3 is 14.5 Å². The zero-order chi connectivity index (χ0) is 26.3. The van der Waals surface area contributed by atoms with Crippen LogP contribution in [0, 0.1) is 6.92 Å². The van der Waals surface area contributed by atoms with Crippen LogP contribution in [0.1, 0.15) is 17.1 Å². The summed E-state index contributed by atoms with van der Waals surface area (Å²) in [5.41, 5.74) is 3.26. The van der Waals surface area contributed by atoms with Gasteiger partial charge in [0, 0.05) is 36.1 Å². The number of aryl methyl sites for hydroxylation is 1. The molecule has 1 aromatic carbocycles. The molecule has 4 rings (SSSR count). The summed E-state index contributed by atoms with van der Waals surface area (Å²) in [6.45, 7) is 3.49. The lowest BCUT2D eigenvalue weighted by Gasteiger charge is -2.15. The van der Waals surface area contributed by atoms with Gasteiger partial charge in [0.2, 0.25) is 0 Å². The smallest absolute Gasteiger partial charge is 0.475 e. The highest BCUT2D eigenvalue weighted by molar-refractivity contribution is 5.73. The van der Waals surface area contributed by atoms with Crippen molar-refractivity contribution in [3.8, 4) is 22.6 Å². The lowest BCUT2D eigenvalue weighted by atomic mass is 10.1. The maximum atomic E-state index is 12.1. The molecule has 3 heterocycles. The average Bonchev–Trinajstić information content (AvgIpc) is 3.23. The minimum absolute atomic E-state index is 0.189. The number of hydrogen-bond acceptors (Lipinski definition) is 6. The molecule has 0 bridgehead atoms. The van der Waals surface area contributed by atoms with Crippen LogP contribution >= 0.6 is 0 Å². The van der Waals surface area contributed by atoms with Crippen LogP contribution in [-0.2, 0) is 17.9 Å². The zero-order valence-electron chi connectivity index (χ0n) is 19.4. The molecule has 0 aliphatic rings. The van der Waals surface area contributed by atoms with Crippen molar-refractivity contribution >= 4 is 5.97 Å². The van der Waals surface area contributed by atoms with Gasteiger partial charge in [0.05, 0.1) is 12.2 Å². The molecule has 2 N–H and O–H groups in total. The Labute approximate surface area is 204 Å². The minimum Gasteiger partial charge on any atom is -0.475 e. The van der Waals surface area contributed by atoms with E-state index in [1.807, 2.05) is 43.3 Å². The number of rotatable bonds is 6. The molecule has 3 aromatic heterocycles. The van der Waals surface area contributed by atoms with E-state index < -0.39 is 12.1 Å². The fourth-order valence-electron chi connectivity index (χ4n) is 3.23. The van der Waals surface area contributed by atoms with Gasteiger partial charge >= 0.3 is 12.1 Å². The molecule has 4 aromatic rings. The van der Waals surface area contributed by atoms with E-state index in [9.17, 15) is 18.0 Å². The summed E-state index contributed by atoms with van der Waals surface area (Å²) >= 11 is 0. The fraction of sp³-hybridized carbons (Fsp3) is 0.200. The number of H-pyrrole nitrogens is 1. The Kier molecular flexibility index (Phi) is 8.38. The maximum absolute atomic E-state index is 12.1. The molecule has 36 heavy (non-hydrogen) atoms. The number of hydrogen-bond donors (Lipinski definition) is 2. The summed E-state index contributed by atoms with van der Waals surface area (Å²) < 4.78 is 37.4. The van der Waals surface area contributed by atoms with Crippen molar-refractivity contribution in [1.82, 2.24) is 19.9 Å². The number of alkyl halides is 3. The van der Waals surface area contributed by atoms with E-state index in [1.54, 1.807) is 12.4 Å². The third-order valence-electron chi connectivity index (χ3n) is 4.84. The van der Waals surface area contributed by atoms with Gasteiger partial charge in [0.1, 0.15) is 17.3 Å². The molecule has 0 aliphatic heterocycles. The predicted octanol–water partition coefficient (Wildman–Crippen LogP) is 4.67. The van der Waals surface area contributed by atoms with Gasteiger partial charge in [-0.25, -0.2) is 9.78 Å². The standard InChI is InChI=1S/C23H22N4O2.C2HF3O2/c1-16-5-10-20(29-16)15-27(2)14-17-6-8-18(9-7-17)23-25-21(12-22(28)26-23)19-4-3-11-24-13-19;3-2(4,5)1(6)7/h3-13H,14-15H2,1-2H3,(H,25,26,28);(H,6,7). The summed E-state index contributed by atoms with van der Waals surface area (Å²) in [5.74, 6) is -0.335. The van der Waals surface area contributed by atoms with Gasteiger partial charge in [-0.3, -0.25) is 14.7 Å². The van der Waals surface area contributed by atoms with Crippen LogP contribution in [0.25, 0.3) is 22.6 Å². The number of pyridine rings is 1. The number of furan rings is 1. The van der Waals surface area contributed by atoms with E-state index in [0.717, 1.165) is 35.7 Å². The molecule has 0 spiro atoms. The van der Waals surface area contributed by atoms with E-state index in [0.29, 0.717) is 11.5 Å². The number of aromatic amines is 1. The second-order valence-corrected chi connectivity index (χ2v) is 7.91. The SMILES string of the molecule is Cc1ccc(CN(C)Cc2ccc(-c3nc(-c4cccnc4)cc(=O)[nH]3)cc2)o1.O=C(O)C(F)(F)F. The molecule has 0 saturated carbocycles. The summed E-state index contributed by atoms with van der Waals surface area (Å²) in [7, 11) is 2.06. The molecule has 0 saturated heterocycles. The number of benzene rings is 1. The molecule has 0 aliphatic carbocycles. The van der Waals surface area contributed by atoms with Crippen molar-refractivity contribution in [2.75, 3.05) is 7.05 Å². The molecular formula is C25H23F3N4O4. The lowest BCUT2D eigenvalue weighted by molar-refractivity contribution is -0.192. The Hall–Kier alpha value is -4.25. The Morgan fingerprint density at radius 3 is 2.33 bits per heavy atom. The van der Waals surface area contributed by atoms with Gasteiger partial charge in [0.25, 0.3) is 5.56 Å². The molecule has 0 atom stereocenters. The van der Waals surface area contributed by atoms with Crippen molar-refractivity contribution in [2.24, 2.45) is 0 Å². The first-order valence-electron chi connectivity index (χ1n) is 10.7. The van der Waals surface area contributed by atoms with Crippen LogP contribution in [-0.4, -0.2) is 44.2 Å². The summed E-state index contributed by atoms with van der Waals surface area (Å²) in [5, 5.41) is 7.12. The van der Waals surface area contributed by atoms with Crippen LogP contribution < -0.4 is 5.56 Å². The van der Waals surface area contributed by atoms with Gasteiger partial charge in [-0.15, -0.1) is 0 Å². The number of nitrogens with one attached hydrogen (secondary N) is 1. The first kappa shape index (κ1) is 26.4. The van der Waals surface area contributed by atoms with Crippen molar-refractivity contribution in [3.63, 3.8) is 0 Å². The highest BCUT2D eigenvalue weighted by Gasteiger charge is 2.38. The van der Waals surface area contributed by atoms with E-state index in [1.165, 1.54) is 11.6 Å². The molecular weight excluding hydrogens is 477 g/mol. The Morgan fingerprint density at radius 2 is 1.78 bits per heavy atom. The van der Waals surface area contributed by atoms with Crippen LogP contribution in [0.15, 0.2) is 76.2 Å². The van der Waals surface area contributed by atoms with Gasteiger partial charge in [-0.1, -0.05) is 24.3 Å². The van der Waals surface area contributed by atoms with Crippen LogP contribution in [0.4, 0.5) is 13.2 Å². The molecule has 0 radical (unpaired) electrons. The van der Waals surface area contributed by atoms with Crippen LogP contribution in [0.3, 0.4) is 0 Å². The third-order valence-corrected chi connectivity index (χ3v) is 4.84. The number of aromatic nitrogens is 3. The van der Waals surface area contributed by atoms with Crippen molar-refractivity contribution < 1.29 is 27.5 Å². The normalized spacial score (nSPS) is 11.2. The van der Waals surface area contributed by atoms with Crippen LogP contribution in [0.2, 0.25) is 0 Å². The number of halogens is 3. The van der Waals surface area contributed by atoms with Gasteiger partial charge in [-0.05, 0) is 43.8 Å². The number of carbonyl (C=O) groups is 1. The number of carboxylic acids is 1. The first-order valence-corrected chi connectivity index (χ1v) is 10.7. The van der Waals surface area contributed by atoms with E-state index in [4.69, 9.17) is 14.3 Å². The molecule has 0 unspecified atom stereocenters. The Balaban J connectivity index is 0.000000454. The predicted molar refractivity (Wildman–Crippen MR) is 126 cm³/mol. The minimum atomic E-state index is -5.08. The summed E-state index contributed by atoms with van der Waals surface area (Å²) in [4.78, 5) is 34.7.